The van der Waals surface area contributed by atoms with Crippen molar-refractivity contribution in [1.82, 2.24) is 14.5 Å². The van der Waals surface area contributed by atoms with Gasteiger partial charge in [0.1, 0.15) is 5.84 Å². The molecule has 1 aliphatic rings. The molecule has 0 aliphatic carbocycles. The first-order chi connectivity index (χ1) is 16.9. The van der Waals surface area contributed by atoms with Crippen LogP contribution in [0.25, 0.3) is 10.8 Å². The van der Waals surface area contributed by atoms with Crippen LogP contribution in [-0.4, -0.2) is 63.1 Å². The molecule has 0 saturated carbocycles. The molecule has 0 atom stereocenters. The molecule has 0 bridgehead atoms. The quantitative estimate of drug-likeness (QED) is 0.438. The molecule has 1 heterocycles. The molecular formula is C27H32N4O3S. The van der Waals surface area contributed by atoms with E-state index in [2.05, 4.69) is 10.3 Å². The van der Waals surface area contributed by atoms with Crippen LogP contribution in [0.2, 0.25) is 0 Å². The highest BCUT2D eigenvalue weighted by Crippen LogP contribution is 2.25. The van der Waals surface area contributed by atoms with Crippen LogP contribution >= 0.6 is 0 Å². The maximum atomic E-state index is 13.1. The standard InChI is InChI=1S/C27H32N4O3S/c1-30(20-21-13-15-23(16-14-21)27-28-17-18-29-27)26(32)12-5-6-19-31(2)35(33,34)25-11-7-9-22-8-3-4-10-24(22)25/h3-4,7-11,13-16H,5-6,12,17-20H2,1-2H3,(H,28,29). The second-order valence-electron chi connectivity index (χ2n) is 8.86. The Bertz CT molecular complexity index is 1310. The van der Waals surface area contributed by atoms with E-state index in [4.69, 9.17) is 0 Å². The van der Waals surface area contributed by atoms with Crippen molar-refractivity contribution in [3.63, 3.8) is 0 Å². The van der Waals surface area contributed by atoms with Gasteiger partial charge in [-0.05, 0) is 29.9 Å². The Labute approximate surface area is 207 Å². The molecule has 4 rings (SSSR count). The lowest BCUT2D eigenvalue weighted by atomic mass is 10.1. The Balaban J connectivity index is 1.25. The van der Waals surface area contributed by atoms with E-state index in [0.29, 0.717) is 37.2 Å². The maximum Gasteiger partial charge on any atom is 0.243 e. The van der Waals surface area contributed by atoms with Crippen LogP contribution in [0.4, 0.5) is 0 Å². The summed E-state index contributed by atoms with van der Waals surface area (Å²) in [7, 11) is -0.208. The molecule has 1 N–H and O–H groups in total. The number of fused-ring (bicyclic) bond motifs is 1. The second-order valence-corrected chi connectivity index (χ2v) is 10.9. The van der Waals surface area contributed by atoms with Crippen molar-refractivity contribution >= 4 is 32.5 Å². The molecule has 0 spiro atoms. The van der Waals surface area contributed by atoms with Crippen LogP contribution in [0.15, 0.2) is 76.6 Å². The van der Waals surface area contributed by atoms with Crippen molar-refractivity contribution in [3.8, 4) is 0 Å². The first-order valence-electron chi connectivity index (χ1n) is 11.9. The number of hydrogen-bond acceptors (Lipinski definition) is 5. The van der Waals surface area contributed by atoms with Crippen molar-refractivity contribution in [3.05, 3.63) is 77.9 Å². The van der Waals surface area contributed by atoms with E-state index in [9.17, 15) is 13.2 Å². The largest absolute Gasteiger partial charge is 0.368 e. The van der Waals surface area contributed by atoms with Crippen LogP contribution in [0.3, 0.4) is 0 Å². The third kappa shape index (κ3) is 5.89. The number of nitrogens with zero attached hydrogens (tertiary/aromatic N) is 3. The number of rotatable bonds is 10. The van der Waals surface area contributed by atoms with E-state index in [-0.39, 0.29) is 5.91 Å². The van der Waals surface area contributed by atoms with Crippen LogP contribution < -0.4 is 5.32 Å². The van der Waals surface area contributed by atoms with Gasteiger partial charge in [0.15, 0.2) is 0 Å². The summed E-state index contributed by atoms with van der Waals surface area (Å²) in [6.07, 6.45) is 1.63. The van der Waals surface area contributed by atoms with Crippen LogP contribution in [0.1, 0.15) is 30.4 Å². The molecule has 0 unspecified atom stereocenters. The number of sulfonamides is 1. The fourth-order valence-electron chi connectivity index (χ4n) is 4.23. The molecule has 35 heavy (non-hydrogen) atoms. The lowest BCUT2D eigenvalue weighted by molar-refractivity contribution is -0.130. The van der Waals surface area contributed by atoms with E-state index in [1.54, 1.807) is 31.1 Å². The van der Waals surface area contributed by atoms with Gasteiger partial charge in [0.2, 0.25) is 15.9 Å². The van der Waals surface area contributed by atoms with Gasteiger partial charge in [-0.25, -0.2) is 12.7 Å². The second kappa shape index (κ2) is 11.0. The molecule has 0 aromatic heterocycles. The lowest BCUT2D eigenvalue weighted by Gasteiger charge is -2.20. The molecule has 1 aliphatic heterocycles. The fraction of sp³-hybridized carbons (Fsp3) is 0.333. The third-order valence-corrected chi connectivity index (χ3v) is 8.21. The molecule has 0 saturated heterocycles. The number of aliphatic imine (C=N–C) groups is 1. The van der Waals surface area contributed by atoms with E-state index in [1.165, 1.54) is 4.31 Å². The number of amides is 1. The van der Waals surface area contributed by atoms with Gasteiger partial charge in [0, 0.05) is 51.1 Å². The van der Waals surface area contributed by atoms with Crippen LogP contribution in [0.5, 0.6) is 0 Å². The van der Waals surface area contributed by atoms with Gasteiger partial charge in [0.05, 0.1) is 11.4 Å². The Morgan fingerprint density at radius 1 is 0.971 bits per heavy atom. The molecule has 0 fully saturated rings. The average molecular weight is 493 g/mol. The summed E-state index contributed by atoms with van der Waals surface area (Å²) in [5.74, 6) is 0.976. The van der Waals surface area contributed by atoms with Crippen molar-refractivity contribution in [2.75, 3.05) is 33.7 Å². The monoisotopic (exact) mass is 492 g/mol. The van der Waals surface area contributed by atoms with Gasteiger partial charge in [-0.3, -0.25) is 9.79 Å². The Hall–Kier alpha value is -3.23. The molecule has 3 aromatic carbocycles. The van der Waals surface area contributed by atoms with Crippen LogP contribution in [-0.2, 0) is 21.4 Å². The van der Waals surface area contributed by atoms with E-state index in [0.717, 1.165) is 40.8 Å². The lowest BCUT2D eigenvalue weighted by Crippen LogP contribution is -2.29. The van der Waals surface area contributed by atoms with Crippen molar-refractivity contribution in [1.29, 1.82) is 0 Å². The predicted molar refractivity (Wildman–Crippen MR) is 140 cm³/mol. The van der Waals surface area contributed by atoms with Gasteiger partial charge in [-0.1, -0.05) is 60.7 Å². The molecule has 184 valence electrons. The normalized spacial score (nSPS) is 13.6. The Morgan fingerprint density at radius 2 is 1.71 bits per heavy atom. The highest BCUT2D eigenvalue weighted by Gasteiger charge is 2.22. The number of benzene rings is 3. The summed E-state index contributed by atoms with van der Waals surface area (Å²) < 4.78 is 27.6. The number of nitrogens with one attached hydrogen (secondary N) is 1. The van der Waals surface area contributed by atoms with Gasteiger partial charge in [0.25, 0.3) is 0 Å². The van der Waals surface area contributed by atoms with Gasteiger partial charge in [-0.15, -0.1) is 0 Å². The van der Waals surface area contributed by atoms with E-state index < -0.39 is 10.0 Å². The number of carbonyl (C=O) groups is 1. The number of carbonyl (C=O) groups excluding carboxylic acids is 1. The summed E-state index contributed by atoms with van der Waals surface area (Å²) in [6.45, 7) is 2.58. The topological polar surface area (TPSA) is 82.1 Å². The minimum Gasteiger partial charge on any atom is -0.368 e. The zero-order valence-electron chi connectivity index (χ0n) is 20.3. The SMILES string of the molecule is CN(Cc1ccc(C2=NCCN2)cc1)C(=O)CCCCN(C)S(=O)(=O)c1cccc2ccccc12. The summed E-state index contributed by atoms with van der Waals surface area (Å²) in [6, 6.07) is 20.9. The molecule has 3 aromatic rings. The highest BCUT2D eigenvalue weighted by molar-refractivity contribution is 7.89. The number of unbranched alkanes of at least 4 members (excludes halogenated alkanes) is 1. The highest BCUT2D eigenvalue weighted by atomic mass is 32.2. The smallest absolute Gasteiger partial charge is 0.243 e. The first-order valence-corrected chi connectivity index (χ1v) is 13.4. The summed E-state index contributed by atoms with van der Waals surface area (Å²) in [5, 5.41) is 4.88. The van der Waals surface area contributed by atoms with Crippen LogP contribution in [0, 0.1) is 0 Å². The molecule has 1 amide bonds. The third-order valence-electron chi connectivity index (χ3n) is 6.30. The maximum absolute atomic E-state index is 13.1. The van der Waals surface area contributed by atoms with Crippen molar-refractivity contribution in [2.24, 2.45) is 4.99 Å². The summed E-state index contributed by atoms with van der Waals surface area (Å²) >= 11 is 0. The minimum atomic E-state index is -3.61. The molecule has 7 nitrogen and oxygen atoms in total. The number of amidine groups is 1. The summed E-state index contributed by atoms with van der Waals surface area (Å²) in [4.78, 5) is 19.1. The average Bonchev–Trinajstić information content (AvgIpc) is 3.41. The minimum absolute atomic E-state index is 0.0514. The summed E-state index contributed by atoms with van der Waals surface area (Å²) in [5.41, 5.74) is 2.12. The molecule has 8 heteroatoms. The van der Waals surface area contributed by atoms with Gasteiger partial charge < -0.3 is 10.2 Å². The van der Waals surface area contributed by atoms with Crippen molar-refractivity contribution < 1.29 is 13.2 Å². The fourth-order valence-corrected chi connectivity index (χ4v) is 5.65. The zero-order valence-corrected chi connectivity index (χ0v) is 21.1. The van der Waals surface area contributed by atoms with Crippen molar-refractivity contribution in [2.45, 2.75) is 30.7 Å². The van der Waals surface area contributed by atoms with Gasteiger partial charge >= 0.3 is 0 Å². The Morgan fingerprint density at radius 3 is 2.46 bits per heavy atom. The molecular weight excluding hydrogens is 460 g/mol. The number of hydrogen-bond donors (Lipinski definition) is 1. The Kier molecular flexibility index (Phi) is 7.83. The zero-order chi connectivity index (χ0) is 24.8. The molecule has 0 radical (unpaired) electrons. The predicted octanol–water partition coefficient (Wildman–Crippen LogP) is 3.64. The first kappa shape index (κ1) is 24.9. The van der Waals surface area contributed by atoms with E-state index in [1.807, 2.05) is 54.6 Å². The van der Waals surface area contributed by atoms with E-state index >= 15 is 0 Å². The van der Waals surface area contributed by atoms with Gasteiger partial charge in [-0.2, -0.15) is 0 Å².